The fourth-order valence-corrected chi connectivity index (χ4v) is 1.17. The molecule has 76 valence electrons. The molecule has 1 aromatic carbocycles. The Bertz CT molecular complexity index is 406. The molecule has 0 N–H and O–H groups in total. The van der Waals surface area contributed by atoms with Gasteiger partial charge < -0.3 is 4.18 Å². The first-order chi connectivity index (χ1) is 6.57. The molecule has 0 aromatic heterocycles. The van der Waals surface area contributed by atoms with E-state index in [-0.39, 0.29) is 5.75 Å². The summed E-state index contributed by atoms with van der Waals surface area (Å²) in [7, 11) is -2.99. The Kier molecular flexibility index (Phi) is 3.21. The van der Waals surface area contributed by atoms with Crippen molar-refractivity contribution in [1.82, 2.24) is 0 Å². The van der Waals surface area contributed by atoms with E-state index < -0.39 is 10.4 Å². The van der Waals surface area contributed by atoms with Crippen molar-refractivity contribution < 1.29 is 21.6 Å². The van der Waals surface area contributed by atoms with E-state index in [4.69, 9.17) is 0 Å². The quantitative estimate of drug-likeness (QED) is 0.695. The van der Waals surface area contributed by atoms with Crippen molar-refractivity contribution >= 4 is 16.7 Å². The minimum Gasteiger partial charge on any atom is -0.362 e. The van der Waals surface area contributed by atoms with Crippen molar-refractivity contribution in [3.8, 4) is 5.75 Å². The molecule has 0 bridgehead atoms. The van der Waals surface area contributed by atoms with Crippen LogP contribution in [0.2, 0.25) is 0 Å². The van der Waals surface area contributed by atoms with E-state index in [1.54, 1.807) is 0 Å². The third-order valence-electron chi connectivity index (χ3n) is 1.42. The molecule has 0 saturated carbocycles. The van der Waals surface area contributed by atoms with Crippen molar-refractivity contribution in [2.75, 3.05) is 7.11 Å². The summed E-state index contributed by atoms with van der Waals surface area (Å²) in [5.74, 6) is 0.0949. The second-order valence-corrected chi connectivity index (χ2v) is 3.66. The van der Waals surface area contributed by atoms with Gasteiger partial charge in [-0.1, -0.05) is 0 Å². The van der Waals surface area contributed by atoms with Gasteiger partial charge in [0.1, 0.15) is 12.0 Å². The minimum absolute atomic E-state index is 0.0949. The number of rotatable bonds is 4. The van der Waals surface area contributed by atoms with Crippen LogP contribution in [0, 0.1) is 0 Å². The summed E-state index contributed by atoms with van der Waals surface area (Å²) in [5, 5.41) is 0. The normalized spacial score (nSPS) is 10.9. The summed E-state index contributed by atoms with van der Waals surface area (Å²) in [6, 6.07) is 5.60. The van der Waals surface area contributed by atoms with E-state index in [0.29, 0.717) is 11.8 Å². The zero-order valence-electron chi connectivity index (χ0n) is 7.34. The van der Waals surface area contributed by atoms with Gasteiger partial charge in [0, 0.05) is 5.56 Å². The molecule has 0 radical (unpaired) electrons. The Balaban J connectivity index is 2.84. The van der Waals surface area contributed by atoms with Crippen LogP contribution in [0.25, 0.3) is 0 Å². The van der Waals surface area contributed by atoms with Crippen LogP contribution in [0.4, 0.5) is 0 Å². The molecular weight excluding hydrogens is 208 g/mol. The Hall–Kier alpha value is -1.40. The molecule has 0 aliphatic heterocycles. The van der Waals surface area contributed by atoms with E-state index in [0.717, 1.165) is 7.11 Å². The maximum absolute atomic E-state index is 10.8. The van der Waals surface area contributed by atoms with E-state index >= 15 is 0 Å². The first-order valence-corrected chi connectivity index (χ1v) is 4.96. The van der Waals surface area contributed by atoms with Crippen LogP contribution >= 0.6 is 0 Å². The smallest absolute Gasteiger partial charge is 0.362 e. The number of carbonyl (C=O) groups is 1. The van der Waals surface area contributed by atoms with Gasteiger partial charge in [0.2, 0.25) is 0 Å². The number of benzene rings is 1. The van der Waals surface area contributed by atoms with Crippen molar-refractivity contribution in [2.45, 2.75) is 0 Å². The lowest BCUT2D eigenvalue weighted by molar-refractivity contribution is 0.112. The molecule has 0 heterocycles. The molecule has 0 unspecified atom stereocenters. The SMILES string of the molecule is COS(=O)(=O)Oc1ccc(C=O)cc1. The van der Waals surface area contributed by atoms with Crippen molar-refractivity contribution in [2.24, 2.45) is 0 Å². The van der Waals surface area contributed by atoms with Crippen molar-refractivity contribution in [3.63, 3.8) is 0 Å². The molecule has 1 rings (SSSR count). The van der Waals surface area contributed by atoms with Gasteiger partial charge >= 0.3 is 10.4 Å². The minimum atomic E-state index is -3.98. The lowest BCUT2D eigenvalue weighted by Gasteiger charge is -2.03. The van der Waals surface area contributed by atoms with E-state index in [1.807, 2.05) is 0 Å². The fourth-order valence-electron chi connectivity index (χ4n) is 0.754. The van der Waals surface area contributed by atoms with Crippen LogP contribution in [0.1, 0.15) is 10.4 Å². The summed E-state index contributed by atoms with van der Waals surface area (Å²) in [4.78, 5) is 10.3. The highest BCUT2D eigenvalue weighted by atomic mass is 32.3. The summed E-state index contributed by atoms with van der Waals surface area (Å²) >= 11 is 0. The van der Waals surface area contributed by atoms with Gasteiger partial charge in [-0.3, -0.25) is 4.79 Å². The highest BCUT2D eigenvalue weighted by Crippen LogP contribution is 2.13. The molecule has 14 heavy (non-hydrogen) atoms. The van der Waals surface area contributed by atoms with Gasteiger partial charge in [-0.25, -0.2) is 4.18 Å². The summed E-state index contributed by atoms with van der Waals surface area (Å²) in [5.41, 5.74) is 0.437. The van der Waals surface area contributed by atoms with Crippen LogP contribution < -0.4 is 4.18 Å². The van der Waals surface area contributed by atoms with Crippen LogP contribution in [-0.4, -0.2) is 21.8 Å². The molecule has 0 amide bonds. The zero-order chi connectivity index (χ0) is 10.6. The van der Waals surface area contributed by atoms with Gasteiger partial charge in [0.25, 0.3) is 0 Å². The average Bonchev–Trinajstić information content (AvgIpc) is 2.19. The largest absolute Gasteiger partial charge is 0.448 e. The average molecular weight is 216 g/mol. The lowest BCUT2D eigenvalue weighted by atomic mass is 10.2. The fraction of sp³-hybridized carbons (Fsp3) is 0.125. The Morgan fingerprint density at radius 2 is 1.79 bits per heavy atom. The molecule has 0 saturated heterocycles. The van der Waals surface area contributed by atoms with Gasteiger partial charge in [-0.2, -0.15) is 8.42 Å². The van der Waals surface area contributed by atoms with Crippen LogP contribution in [-0.2, 0) is 14.6 Å². The third-order valence-corrected chi connectivity index (χ3v) is 2.22. The number of hydrogen-bond donors (Lipinski definition) is 0. The molecule has 5 nitrogen and oxygen atoms in total. The van der Waals surface area contributed by atoms with Crippen LogP contribution in [0.5, 0.6) is 5.75 Å². The summed E-state index contributed by atoms with van der Waals surface area (Å²) in [6.45, 7) is 0. The highest BCUT2D eigenvalue weighted by molar-refractivity contribution is 7.82. The molecule has 0 aliphatic carbocycles. The van der Waals surface area contributed by atoms with Crippen molar-refractivity contribution in [1.29, 1.82) is 0 Å². The molecule has 1 aromatic rings. The third kappa shape index (κ3) is 2.82. The molecule has 0 spiro atoms. The second-order valence-electron chi connectivity index (χ2n) is 2.35. The number of carbonyl (C=O) groups excluding carboxylic acids is 1. The standard InChI is InChI=1S/C8H8O5S/c1-12-14(10,11)13-8-4-2-7(6-9)3-5-8/h2-6H,1H3. The predicted molar refractivity (Wildman–Crippen MR) is 48.4 cm³/mol. The Morgan fingerprint density at radius 1 is 1.21 bits per heavy atom. The van der Waals surface area contributed by atoms with E-state index in [9.17, 15) is 13.2 Å². The maximum Gasteiger partial charge on any atom is 0.448 e. The maximum atomic E-state index is 10.8. The summed E-state index contributed by atoms with van der Waals surface area (Å²) < 4.78 is 30.2. The Labute approximate surface area is 81.6 Å². The first kappa shape index (κ1) is 10.7. The summed E-state index contributed by atoms with van der Waals surface area (Å²) in [6.07, 6.45) is 0.647. The number of aldehydes is 1. The topological polar surface area (TPSA) is 69.7 Å². The predicted octanol–water partition coefficient (Wildman–Crippen LogP) is 0.769. The van der Waals surface area contributed by atoms with Crippen LogP contribution in [0.15, 0.2) is 24.3 Å². The van der Waals surface area contributed by atoms with Gasteiger partial charge in [0.15, 0.2) is 0 Å². The van der Waals surface area contributed by atoms with Crippen LogP contribution in [0.3, 0.4) is 0 Å². The number of hydrogen-bond acceptors (Lipinski definition) is 5. The lowest BCUT2D eigenvalue weighted by Crippen LogP contribution is -2.10. The monoisotopic (exact) mass is 216 g/mol. The first-order valence-electron chi connectivity index (χ1n) is 3.62. The highest BCUT2D eigenvalue weighted by Gasteiger charge is 2.09. The second kappa shape index (κ2) is 4.21. The van der Waals surface area contributed by atoms with Gasteiger partial charge in [0.05, 0.1) is 7.11 Å². The molecule has 0 aliphatic rings. The van der Waals surface area contributed by atoms with Gasteiger partial charge in [-0.15, -0.1) is 0 Å². The molecular formula is C8H8O5S. The molecule has 6 heteroatoms. The van der Waals surface area contributed by atoms with Crippen molar-refractivity contribution in [3.05, 3.63) is 29.8 Å². The Morgan fingerprint density at radius 3 is 2.21 bits per heavy atom. The molecule has 0 atom stereocenters. The van der Waals surface area contributed by atoms with E-state index in [2.05, 4.69) is 8.37 Å². The molecule has 0 fully saturated rings. The van der Waals surface area contributed by atoms with E-state index in [1.165, 1.54) is 24.3 Å². The van der Waals surface area contributed by atoms with Gasteiger partial charge in [-0.05, 0) is 24.3 Å². The zero-order valence-corrected chi connectivity index (χ0v) is 8.15.